The number of rotatable bonds is 4. The Bertz CT molecular complexity index is 1210. The van der Waals surface area contributed by atoms with E-state index >= 15 is 0 Å². The number of halogens is 1. The van der Waals surface area contributed by atoms with Crippen molar-refractivity contribution in [2.45, 2.75) is 23.2 Å². The van der Waals surface area contributed by atoms with Crippen LogP contribution in [-0.2, 0) is 10.0 Å². The number of aromatic amines is 1. The monoisotopic (exact) mass is 437 g/mol. The summed E-state index contributed by atoms with van der Waals surface area (Å²) in [4.78, 5) is 16.6. The summed E-state index contributed by atoms with van der Waals surface area (Å²) in [6.07, 6.45) is 2.37. The predicted octanol–water partition coefficient (Wildman–Crippen LogP) is 2.51. The Kier molecular flexibility index (Phi) is 5.09. The van der Waals surface area contributed by atoms with Crippen LogP contribution in [0.3, 0.4) is 0 Å². The predicted molar refractivity (Wildman–Crippen MR) is 112 cm³/mol. The molecule has 1 aliphatic heterocycles. The molecule has 0 atom stereocenters. The number of anilines is 2. The zero-order valence-corrected chi connectivity index (χ0v) is 17.3. The van der Waals surface area contributed by atoms with Crippen LogP contribution in [0.25, 0.3) is 10.8 Å². The zero-order valence-electron chi connectivity index (χ0n) is 15.6. The van der Waals surface area contributed by atoms with Gasteiger partial charge in [-0.25, -0.2) is 12.8 Å². The number of aliphatic hydroxyl groups is 1. The number of aliphatic hydroxyl groups excluding tert-OH is 1. The molecule has 0 saturated carbocycles. The second-order valence-electron chi connectivity index (χ2n) is 6.98. The van der Waals surface area contributed by atoms with Gasteiger partial charge in [0.2, 0.25) is 0 Å². The first-order valence-corrected chi connectivity index (χ1v) is 11.4. The molecule has 4 rings (SSSR count). The fraction of sp³-hybridized carbons (Fsp3) is 0.316. The Labute approximate surface area is 171 Å². The summed E-state index contributed by atoms with van der Waals surface area (Å²) < 4.78 is 41.7. The lowest BCUT2D eigenvalue weighted by molar-refractivity contribution is 0.145. The molecular formula is C19H20FN3O4S2. The minimum atomic E-state index is -4.00. The van der Waals surface area contributed by atoms with Crippen molar-refractivity contribution in [1.29, 1.82) is 0 Å². The van der Waals surface area contributed by atoms with Crippen LogP contribution in [0.2, 0.25) is 0 Å². The standard InChI is InChI=1S/C19H20FN3O4S2/c1-22(16-11-14-12(10-15(16)20)4-7-21-19(14)25)29(26,27)18-3-2-17(28-18)23-8-5-13(24)6-9-23/h2-4,7,10-11,13,24H,5-6,8-9H2,1H3,(H,21,25). The van der Waals surface area contributed by atoms with Gasteiger partial charge in [-0.2, -0.15) is 0 Å². The molecule has 0 spiro atoms. The summed E-state index contributed by atoms with van der Waals surface area (Å²) in [5.41, 5.74) is -0.606. The maximum absolute atomic E-state index is 14.6. The molecule has 154 valence electrons. The number of sulfonamides is 1. The average Bonchev–Trinajstić information content (AvgIpc) is 3.19. The van der Waals surface area contributed by atoms with Gasteiger partial charge < -0.3 is 15.0 Å². The van der Waals surface area contributed by atoms with E-state index in [-0.39, 0.29) is 21.4 Å². The minimum absolute atomic E-state index is 0.0857. The van der Waals surface area contributed by atoms with Gasteiger partial charge in [0.15, 0.2) is 0 Å². The highest BCUT2D eigenvalue weighted by Gasteiger charge is 2.27. The molecule has 7 nitrogen and oxygen atoms in total. The number of nitrogens with zero attached hydrogens (tertiary/aromatic N) is 2. The SMILES string of the molecule is CN(c1cc2c(=O)[nH]ccc2cc1F)S(=O)(=O)c1ccc(N2CCC(O)CC2)s1. The number of hydrogen-bond acceptors (Lipinski definition) is 6. The zero-order chi connectivity index (χ0) is 20.8. The Morgan fingerprint density at radius 2 is 1.97 bits per heavy atom. The molecule has 3 heterocycles. The van der Waals surface area contributed by atoms with Crippen LogP contribution in [0.4, 0.5) is 15.1 Å². The summed E-state index contributed by atoms with van der Waals surface area (Å²) in [5.74, 6) is -0.726. The second-order valence-corrected chi connectivity index (χ2v) is 10.2. The molecule has 3 aromatic rings. The second kappa shape index (κ2) is 7.43. The van der Waals surface area contributed by atoms with Gasteiger partial charge >= 0.3 is 0 Å². The molecule has 29 heavy (non-hydrogen) atoms. The van der Waals surface area contributed by atoms with Crippen molar-refractivity contribution in [3.63, 3.8) is 0 Å². The van der Waals surface area contributed by atoms with E-state index in [1.54, 1.807) is 12.1 Å². The van der Waals surface area contributed by atoms with Crippen LogP contribution in [0, 0.1) is 5.82 Å². The summed E-state index contributed by atoms with van der Waals surface area (Å²) in [6.45, 7) is 1.30. The number of pyridine rings is 1. The third-order valence-corrected chi connectivity index (χ3v) is 8.52. The normalized spacial score (nSPS) is 15.8. The summed E-state index contributed by atoms with van der Waals surface area (Å²) in [6, 6.07) is 7.19. The van der Waals surface area contributed by atoms with E-state index in [1.807, 2.05) is 4.90 Å². The highest BCUT2D eigenvalue weighted by Crippen LogP contribution is 2.35. The number of H-pyrrole nitrogens is 1. The van der Waals surface area contributed by atoms with Gasteiger partial charge in [-0.15, -0.1) is 11.3 Å². The molecule has 0 unspecified atom stereocenters. The highest BCUT2D eigenvalue weighted by atomic mass is 32.2. The van der Waals surface area contributed by atoms with E-state index in [0.29, 0.717) is 31.3 Å². The molecule has 1 aromatic carbocycles. The van der Waals surface area contributed by atoms with Gasteiger partial charge in [0, 0.05) is 31.7 Å². The molecule has 2 aromatic heterocycles. The highest BCUT2D eigenvalue weighted by molar-refractivity contribution is 7.94. The molecule has 0 bridgehead atoms. The lowest BCUT2D eigenvalue weighted by atomic mass is 10.1. The number of hydrogen-bond donors (Lipinski definition) is 2. The molecule has 1 fully saturated rings. The molecule has 0 radical (unpaired) electrons. The molecule has 1 saturated heterocycles. The third kappa shape index (κ3) is 3.63. The fourth-order valence-electron chi connectivity index (χ4n) is 3.41. The Morgan fingerprint density at radius 1 is 1.24 bits per heavy atom. The molecule has 0 amide bonds. The third-order valence-electron chi connectivity index (χ3n) is 5.14. The molecule has 0 aliphatic carbocycles. The smallest absolute Gasteiger partial charge is 0.273 e. The lowest BCUT2D eigenvalue weighted by Crippen LogP contribution is -2.35. The first-order chi connectivity index (χ1) is 13.8. The number of thiophene rings is 1. The van der Waals surface area contributed by atoms with Crippen LogP contribution in [0.5, 0.6) is 0 Å². The van der Waals surface area contributed by atoms with Crippen LogP contribution in [-0.4, -0.2) is 44.7 Å². The van der Waals surface area contributed by atoms with Crippen molar-refractivity contribution in [1.82, 2.24) is 4.98 Å². The van der Waals surface area contributed by atoms with Crippen molar-refractivity contribution in [3.05, 3.63) is 52.7 Å². The molecular weight excluding hydrogens is 417 g/mol. The minimum Gasteiger partial charge on any atom is -0.393 e. The quantitative estimate of drug-likeness (QED) is 0.654. The Balaban J connectivity index is 1.67. The van der Waals surface area contributed by atoms with E-state index in [2.05, 4.69) is 4.98 Å². The number of piperidine rings is 1. The van der Waals surface area contributed by atoms with E-state index in [1.165, 1.54) is 25.4 Å². The maximum Gasteiger partial charge on any atom is 0.273 e. The maximum atomic E-state index is 14.6. The number of nitrogens with one attached hydrogen (secondary N) is 1. The van der Waals surface area contributed by atoms with Crippen molar-refractivity contribution < 1.29 is 17.9 Å². The van der Waals surface area contributed by atoms with Gasteiger partial charge in [0.25, 0.3) is 15.6 Å². The molecule has 1 aliphatic rings. The summed E-state index contributed by atoms with van der Waals surface area (Å²) in [5, 5.41) is 11.0. The number of benzene rings is 1. The number of fused-ring (bicyclic) bond motifs is 1. The van der Waals surface area contributed by atoms with Crippen molar-refractivity contribution >= 4 is 42.8 Å². The van der Waals surface area contributed by atoms with Gasteiger partial charge in [-0.1, -0.05) is 0 Å². The van der Waals surface area contributed by atoms with Gasteiger partial charge in [-0.3, -0.25) is 9.10 Å². The van der Waals surface area contributed by atoms with Gasteiger partial charge in [-0.05, 0) is 48.6 Å². The van der Waals surface area contributed by atoms with Gasteiger partial charge in [0.1, 0.15) is 10.0 Å². The van der Waals surface area contributed by atoms with Crippen LogP contribution >= 0.6 is 11.3 Å². The largest absolute Gasteiger partial charge is 0.393 e. The first kappa shape index (κ1) is 19.9. The van der Waals surface area contributed by atoms with Crippen molar-refractivity contribution in [3.8, 4) is 0 Å². The van der Waals surface area contributed by atoms with Crippen LogP contribution in [0.1, 0.15) is 12.8 Å². The Hall–Kier alpha value is -2.43. The van der Waals surface area contributed by atoms with Crippen molar-refractivity contribution in [2.24, 2.45) is 0 Å². The summed E-state index contributed by atoms with van der Waals surface area (Å²) in [7, 11) is -2.73. The van der Waals surface area contributed by atoms with Crippen LogP contribution in [0.15, 0.2) is 45.5 Å². The Morgan fingerprint density at radius 3 is 2.69 bits per heavy atom. The van der Waals surface area contributed by atoms with E-state index in [9.17, 15) is 22.7 Å². The summed E-state index contributed by atoms with van der Waals surface area (Å²) >= 11 is 1.11. The van der Waals surface area contributed by atoms with Crippen molar-refractivity contribution in [2.75, 3.05) is 29.3 Å². The van der Waals surface area contributed by atoms with E-state index in [0.717, 1.165) is 26.7 Å². The topological polar surface area (TPSA) is 93.7 Å². The van der Waals surface area contributed by atoms with E-state index in [4.69, 9.17) is 0 Å². The number of aromatic nitrogens is 1. The first-order valence-electron chi connectivity index (χ1n) is 9.10. The lowest BCUT2D eigenvalue weighted by Gasteiger charge is -2.30. The fourth-order valence-corrected chi connectivity index (χ4v) is 6.12. The van der Waals surface area contributed by atoms with Gasteiger partial charge in [0.05, 0.1) is 16.8 Å². The van der Waals surface area contributed by atoms with E-state index < -0.39 is 21.4 Å². The molecule has 10 heteroatoms. The molecule has 2 N–H and O–H groups in total. The van der Waals surface area contributed by atoms with Crippen LogP contribution < -0.4 is 14.8 Å². The average molecular weight is 438 g/mol.